The summed E-state index contributed by atoms with van der Waals surface area (Å²) >= 11 is 3.20. The molecule has 0 spiro atoms. The maximum absolute atomic E-state index is 11.3. The van der Waals surface area contributed by atoms with Gasteiger partial charge in [0, 0.05) is 25.1 Å². The monoisotopic (exact) mass is 262 g/mol. The van der Waals surface area contributed by atoms with Gasteiger partial charge in [-0.3, -0.25) is 4.79 Å². The molecule has 1 rings (SSSR count). The molecule has 0 bridgehead atoms. The summed E-state index contributed by atoms with van der Waals surface area (Å²) in [6.45, 7) is 0.879. The lowest BCUT2D eigenvalue weighted by molar-refractivity contribution is 0.0946. The van der Waals surface area contributed by atoms with Crippen LogP contribution in [0.4, 0.5) is 0 Å². The number of hydrogen-bond acceptors (Lipinski definition) is 4. The van der Waals surface area contributed by atoms with E-state index in [4.69, 9.17) is 9.26 Å². The minimum Gasteiger partial charge on any atom is -0.377 e. The van der Waals surface area contributed by atoms with Gasteiger partial charge in [0.05, 0.1) is 0 Å². The third-order valence-electron chi connectivity index (χ3n) is 1.46. The normalized spacial score (nSPS) is 10.1. The zero-order valence-corrected chi connectivity index (χ0v) is 9.33. The number of carbonyl (C=O) groups is 1. The Kier molecular flexibility index (Phi) is 4.61. The maximum atomic E-state index is 11.3. The lowest BCUT2D eigenvalue weighted by atomic mass is 10.3. The SMILES string of the molecule is COCc1cc(C(=O)NCCBr)no1. The average Bonchev–Trinajstić information content (AvgIpc) is 2.63. The van der Waals surface area contributed by atoms with Crippen molar-refractivity contribution in [2.75, 3.05) is 19.0 Å². The van der Waals surface area contributed by atoms with E-state index in [1.807, 2.05) is 0 Å². The van der Waals surface area contributed by atoms with Gasteiger partial charge < -0.3 is 14.6 Å². The van der Waals surface area contributed by atoms with Crippen molar-refractivity contribution in [3.63, 3.8) is 0 Å². The summed E-state index contributed by atoms with van der Waals surface area (Å²) in [6.07, 6.45) is 0. The van der Waals surface area contributed by atoms with E-state index in [1.54, 1.807) is 13.2 Å². The number of ether oxygens (including phenoxy) is 1. The van der Waals surface area contributed by atoms with E-state index in [0.29, 0.717) is 24.2 Å². The topological polar surface area (TPSA) is 64.4 Å². The molecule has 1 amide bonds. The third-order valence-corrected chi connectivity index (χ3v) is 1.85. The molecule has 0 aromatic carbocycles. The van der Waals surface area contributed by atoms with Crippen LogP contribution in [-0.4, -0.2) is 30.0 Å². The molecule has 0 radical (unpaired) electrons. The first-order valence-corrected chi connectivity index (χ1v) is 5.18. The highest BCUT2D eigenvalue weighted by molar-refractivity contribution is 9.09. The number of nitrogens with zero attached hydrogens (tertiary/aromatic N) is 1. The molecule has 0 unspecified atom stereocenters. The number of rotatable bonds is 5. The molecule has 1 N–H and O–H groups in total. The number of nitrogens with one attached hydrogen (secondary N) is 1. The second-order valence-corrected chi connectivity index (χ2v) is 3.35. The van der Waals surface area contributed by atoms with Gasteiger partial charge in [0.1, 0.15) is 6.61 Å². The number of halogens is 1. The molecule has 0 saturated heterocycles. The fraction of sp³-hybridized carbons (Fsp3) is 0.500. The molecule has 0 aliphatic rings. The third kappa shape index (κ3) is 3.12. The Morgan fingerprint density at radius 2 is 2.57 bits per heavy atom. The van der Waals surface area contributed by atoms with Gasteiger partial charge in [-0.2, -0.15) is 0 Å². The van der Waals surface area contributed by atoms with Crippen LogP contribution in [0.3, 0.4) is 0 Å². The van der Waals surface area contributed by atoms with Crippen LogP contribution in [-0.2, 0) is 11.3 Å². The van der Waals surface area contributed by atoms with E-state index in [9.17, 15) is 4.79 Å². The minimum absolute atomic E-state index is 0.240. The summed E-state index contributed by atoms with van der Waals surface area (Å²) in [7, 11) is 1.55. The number of alkyl halides is 1. The van der Waals surface area contributed by atoms with Gasteiger partial charge in [-0.15, -0.1) is 0 Å². The van der Waals surface area contributed by atoms with E-state index in [-0.39, 0.29) is 11.6 Å². The number of methoxy groups -OCH3 is 1. The van der Waals surface area contributed by atoms with Crippen LogP contribution >= 0.6 is 15.9 Å². The molecule has 6 heteroatoms. The minimum atomic E-state index is -0.240. The van der Waals surface area contributed by atoms with Crippen LogP contribution in [0.5, 0.6) is 0 Å². The van der Waals surface area contributed by atoms with Gasteiger partial charge in [0.25, 0.3) is 5.91 Å². The Bertz CT molecular complexity index is 301. The molecule has 1 aromatic heterocycles. The maximum Gasteiger partial charge on any atom is 0.273 e. The first-order valence-electron chi connectivity index (χ1n) is 4.06. The standard InChI is InChI=1S/C8H11BrN2O3/c1-13-5-6-4-7(11-14-6)8(12)10-3-2-9/h4H,2-3,5H2,1H3,(H,10,12). The van der Waals surface area contributed by atoms with Crippen LogP contribution in [0.1, 0.15) is 16.2 Å². The Morgan fingerprint density at radius 3 is 3.21 bits per heavy atom. The highest BCUT2D eigenvalue weighted by Crippen LogP contribution is 2.04. The Morgan fingerprint density at radius 1 is 1.79 bits per heavy atom. The molecule has 1 heterocycles. The van der Waals surface area contributed by atoms with E-state index in [1.165, 1.54) is 0 Å². The summed E-state index contributed by atoms with van der Waals surface area (Å²) in [5.41, 5.74) is 0.276. The second-order valence-electron chi connectivity index (χ2n) is 2.56. The van der Waals surface area contributed by atoms with Crippen molar-refractivity contribution in [3.8, 4) is 0 Å². The fourth-order valence-electron chi connectivity index (χ4n) is 0.882. The van der Waals surface area contributed by atoms with Crippen molar-refractivity contribution in [2.45, 2.75) is 6.61 Å². The van der Waals surface area contributed by atoms with Gasteiger partial charge in [-0.05, 0) is 0 Å². The molecular weight excluding hydrogens is 252 g/mol. The fourth-order valence-corrected chi connectivity index (χ4v) is 1.08. The van der Waals surface area contributed by atoms with Gasteiger partial charge in [-0.25, -0.2) is 0 Å². The number of hydrogen-bond donors (Lipinski definition) is 1. The number of amides is 1. The van der Waals surface area contributed by atoms with Crippen LogP contribution < -0.4 is 5.32 Å². The van der Waals surface area contributed by atoms with Crippen LogP contribution in [0.15, 0.2) is 10.6 Å². The van der Waals surface area contributed by atoms with Crippen LogP contribution in [0, 0.1) is 0 Å². The van der Waals surface area contributed by atoms with Gasteiger partial charge in [0.2, 0.25) is 0 Å². The van der Waals surface area contributed by atoms with Crippen molar-refractivity contribution in [1.29, 1.82) is 0 Å². The molecule has 5 nitrogen and oxygen atoms in total. The second kappa shape index (κ2) is 5.77. The van der Waals surface area contributed by atoms with Crippen LogP contribution in [0.25, 0.3) is 0 Å². The Hall–Kier alpha value is -0.880. The Labute approximate surface area is 89.9 Å². The predicted molar refractivity (Wildman–Crippen MR) is 53.3 cm³/mol. The quantitative estimate of drug-likeness (QED) is 0.803. The molecule has 0 aliphatic carbocycles. The molecule has 1 aromatic rings. The lowest BCUT2D eigenvalue weighted by Crippen LogP contribution is -2.25. The highest BCUT2D eigenvalue weighted by Gasteiger charge is 2.11. The van der Waals surface area contributed by atoms with Gasteiger partial charge in [-0.1, -0.05) is 21.1 Å². The summed E-state index contributed by atoms with van der Waals surface area (Å²) in [4.78, 5) is 11.3. The summed E-state index contributed by atoms with van der Waals surface area (Å²) < 4.78 is 9.69. The summed E-state index contributed by atoms with van der Waals surface area (Å²) in [5, 5.41) is 6.97. The van der Waals surface area contributed by atoms with Crippen molar-refractivity contribution < 1.29 is 14.1 Å². The first kappa shape index (κ1) is 11.2. The molecule has 14 heavy (non-hydrogen) atoms. The van der Waals surface area contributed by atoms with Crippen molar-refractivity contribution >= 4 is 21.8 Å². The molecular formula is C8H11BrN2O3. The number of aromatic nitrogens is 1. The molecule has 0 aliphatic heterocycles. The summed E-state index contributed by atoms with van der Waals surface area (Å²) in [6, 6.07) is 1.56. The van der Waals surface area contributed by atoms with E-state index in [2.05, 4.69) is 26.4 Å². The molecule has 78 valence electrons. The Balaban J connectivity index is 2.53. The highest BCUT2D eigenvalue weighted by atomic mass is 79.9. The first-order chi connectivity index (χ1) is 6.77. The number of carbonyl (C=O) groups excluding carboxylic acids is 1. The van der Waals surface area contributed by atoms with E-state index in [0.717, 1.165) is 0 Å². The van der Waals surface area contributed by atoms with Crippen molar-refractivity contribution in [3.05, 3.63) is 17.5 Å². The molecule has 0 atom stereocenters. The molecule has 0 saturated carbocycles. The van der Waals surface area contributed by atoms with Crippen molar-refractivity contribution in [1.82, 2.24) is 10.5 Å². The van der Waals surface area contributed by atoms with E-state index < -0.39 is 0 Å². The average molecular weight is 263 g/mol. The smallest absolute Gasteiger partial charge is 0.273 e. The zero-order valence-electron chi connectivity index (χ0n) is 7.75. The van der Waals surface area contributed by atoms with E-state index >= 15 is 0 Å². The lowest BCUT2D eigenvalue weighted by Gasteiger charge is -1.96. The van der Waals surface area contributed by atoms with Crippen LogP contribution in [0.2, 0.25) is 0 Å². The predicted octanol–water partition coefficient (Wildman–Crippen LogP) is 0.946. The summed E-state index contributed by atoms with van der Waals surface area (Å²) in [5.74, 6) is 0.298. The largest absolute Gasteiger partial charge is 0.377 e. The van der Waals surface area contributed by atoms with Gasteiger partial charge >= 0.3 is 0 Å². The van der Waals surface area contributed by atoms with Gasteiger partial charge in [0.15, 0.2) is 11.5 Å². The van der Waals surface area contributed by atoms with Crippen molar-refractivity contribution in [2.24, 2.45) is 0 Å². The zero-order chi connectivity index (χ0) is 10.4. The molecule has 0 fully saturated rings.